The molecule has 4 rings (SSSR count). The third-order valence-electron chi connectivity index (χ3n) is 5.66. The summed E-state index contributed by atoms with van der Waals surface area (Å²) in [5.74, 6) is 0.154. The Morgan fingerprint density at radius 1 is 1.06 bits per heavy atom. The largest absolute Gasteiger partial charge is 0.496 e. The number of methoxy groups -OCH3 is 1. The van der Waals surface area contributed by atoms with Crippen LogP contribution in [0.15, 0.2) is 48.7 Å². The molecule has 0 saturated carbocycles. The Morgan fingerprint density at radius 3 is 2.43 bits per heavy atom. The minimum atomic E-state index is -0.507. The van der Waals surface area contributed by atoms with Crippen molar-refractivity contribution in [2.45, 2.75) is 12.8 Å². The van der Waals surface area contributed by atoms with E-state index in [-0.39, 0.29) is 33.4 Å². The second kappa shape index (κ2) is 10.6. The van der Waals surface area contributed by atoms with Gasteiger partial charge < -0.3 is 15.0 Å². The number of pyridine rings is 1. The lowest BCUT2D eigenvalue weighted by atomic mass is 9.96. The molecule has 2 heterocycles. The summed E-state index contributed by atoms with van der Waals surface area (Å²) in [6.07, 6.45) is 2.31. The summed E-state index contributed by atoms with van der Waals surface area (Å²) >= 11 is 18.5. The van der Waals surface area contributed by atoms with Gasteiger partial charge in [0.15, 0.2) is 5.78 Å². The van der Waals surface area contributed by atoms with Gasteiger partial charge in [-0.25, -0.2) is 4.98 Å². The highest BCUT2D eigenvalue weighted by molar-refractivity contribution is 6.34. The second-order valence-electron chi connectivity index (χ2n) is 7.93. The monoisotopic (exact) mass is 530 g/mol. The maximum Gasteiger partial charge on any atom is 0.257 e. The number of hydrogen-bond acceptors (Lipinski definition) is 5. The number of rotatable bonds is 7. The Labute approximate surface area is 217 Å². The highest BCUT2D eigenvalue weighted by Gasteiger charge is 2.23. The molecule has 1 aromatic heterocycles. The third-order valence-corrected chi connectivity index (χ3v) is 6.41. The maximum absolute atomic E-state index is 13.2. The molecule has 0 spiro atoms. The number of amidine groups is 1. The average Bonchev–Trinajstić information content (AvgIpc) is 2.79. The number of amides is 1. The number of ketones is 1. The van der Waals surface area contributed by atoms with Crippen LogP contribution in [0.5, 0.6) is 5.75 Å². The van der Waals surface area contributed by atoms with Crippen molar-refractivity contribution in [3.8, 4) is 5.75 Å². The first-order valence-electron chi connectivity index (χ1n) is 10.7. The molecule has 1 fully saturated rings. The first kappa shape index (κ1) is 25.0. The second-order valence-corrected chi connectivity index (χ2v) is 9.21. The molecule has 3 aromatic rings. The van der Waals surface area contributed by atoms with Crippen LogP contribution in [0.3, 0.4) is 0 Å². The molecular weight excluding hydrogens is 511 g/mol. The molecule has 0 aliphatic carbocycles. The van der Waals surface area contributed by atoms with Gasteiger partial charge in [0.2, 0.25) is 0 Å². The summed E-state index contributed by atoms with van der Waals surface area (Å²) in [5.41, 5.74) is 1.47. The maximum atomic E-state index is 13.2. The summed E-state index contributed by atoms with van der Waals surface area (Å²) in [6, 6.07) is 11.1. The first-order chi connectivity index (χ1) is 16.8. The van der Waals surface area contributed by atoms with Crippen LogP contribution in [-0.2, 0) is 6.42 Å². The van der Waals surface area contributed by atoms with Crippen LogP contribution >= 0.6 is 34.8 Å². The smallest absolute Gasteiger partial charge is 0.257 e. The van der Waals surface area contributed by atoms with Crippen molar-refractivity contribution >= 4 is 58.1 Å². The van der Waals surface area contributed by atoms with E-state index in [2.05, 4.69) is 10.3 Å². The summed E-state index contributed by atoms with van der Waals surface area (Å²) in [7, 11) is 1.44. The minimum absolute atomic E-state index is 0.153. The van der Waals surface area contributed by atoms with Gasteiger partial charge in [0.25, 0.3) is 5.91 Å². The molecule has 35 heavy (non-hydrogen) atoms. The van der Waals surface area contributed by atoms with Crippen molar-refractivity contribution in [1.82, 2.24) is 9.88 Å². The fraction of sp³-hybridized carbons (Fsp3) is 0.200. The number of aromatic nitrogens is 1. The summed E-state index contributed by atoms with van der Waals surface area (Å²) in [6.45, 7) is 1.67. The molecule has 0 atom stereocenters. The van der Waals surface area contributed by atoms with Crippen LogP contribution in [0.2, 0.25) is 15.1 Å². The zero-order valence-electron chi connectivity index (χ0n) is 18.7. The summed E-state index contributed by atoms with van der Waals surface area (Å²) in [4.78, 5) is 32.3. The van der Waals surface area contributed by atoms with Crippen LogP contribution in [0.1, 0.15) is 38.3 Å². The number of likely N-dealkylation sites (tertiary alicyclic amines) is 1. The zero-order chi connectivity index (χ0) is 25.1. The molecule has 1 aliphatic rings. The van der Waals surface area contributed by atoms with Crippen LogP contribution in [0, 0.1) is 5.41 Å². The minimum Gasteiger partial charge on any atom is -0.496 e. The van der Waals surface area contributed by atoms with Crippen molar-refractivity contribution in [2.24, 2.45) is 0 Å². The van der Waals surface area contributed by atoms with Crippen LogP contribution in [0.25, 0.3) is 0 Å². The average molecular weight is 532 g/mol. The molecule has 1 aliphatic heterocycles. The molecule has 7 nitrogen and oxygen atoms in total. The molecule has 2 N–H and O–H groups in total. The number of hydrogen-bond donors (Lipinski definition) is 2. The van der Waals surface area contributed by atoms with Crippen molar-refractivity contribution in [3.05, 3.63) is 86.0 Å². The lowest BCUT2D eigenvalue weighted by molar-refractivity contribution is 0.0991. The fourth-order valence-electron chi connectivity index (χ4n) is 3.68. The normalized spacial score (nSPS) is 12.6. The Balaban J connectivity index is 1.61. The summed E-state index contributed by atoms with van der Waals surface area (Å²) < 4.78 is 5.43. The number of benzene rings is 2. The number of nitrogens with one attached hydrogen (secondary N) is 2. The van der Waals surface area contributed by atoms with Gasteiger partial charge in [-0.2, -0.15) is 0 Å². The first-order valence-corrected chi connectivity index (χ1v) is 11.9. The zero-order valence-corrected chi connectivity index (χ0v) is 21.0. The van der Waals surface area contributed by atoms with Crippen LogP contribution < -0.4 is 10.1 Å². The number of carbonyl (C=O) groups excluding carboxylic acids is 2. The Bertz CT molecular complexity index is 1310. The number of carbonyl (C=O) groups is 2. The van der Waals surface area contributed by atoms with Crippen molar-refractivity contribution in [1.29, 1.82) is 5.41 Å². The number of anilines is 1. The number of ether oxygens (including phenoxy) is 1. The van der Waals surface area contributed by atoms with Gasteiger partial charge >= 0.3 is 0 Å². The number of halogens is 3. The quantitative estimate of drug-likeness (QED) is 0.230. The van der Waals surface area contributed by atoms with Gasteiger partial charge in [-0.15, -0.1) is 0 Å². The van der Waals surface area contributed by atoms with E-state index in [0.717, 1.165) is 19.5 Å². The fourth-order valence-corrected chi connectivity index (χ4v) is 4.28. The lowest BCUT2D eigenvalue weighted by Gasteiger charge is -2.33. The Kier molecular flexibility index (Phi) is 7.60. The topological polar surface area (TPSA) is 95.4 Å². The van der Waals surface area contributed by atoms with Gasteiger partial charge in [0.1, 0.15) is 17.4 Å². The van der Waals surface area contributed by atoms with Crippen molar-refractivity contribution in [2.75, 3.05) is 25.5 Å². The summed E-state index contributed by atoms with van der Waals surface area (Å²) in [5, 5.41) is 11.9. The third kappa shape index (κ3) is 5.59. The predicted molar refractivity (Wildman–Crippen MR) is 138 cm³/mol. The van der Waals surface area contributed by atoms with Crippen LogP contribution in [0.4, 0.5) is 5.82 Å². The Morgan fingerprint density at radius 2 is 1.83 bits per heavy atom. The van der Waals surface area contributed by atoms with E-state index in [1.54, 1.807) is 36.4 Å². The lowest BCUT2D eigenvalue weighted by Crippen LogP contribution is -2.42. The predicted octanol–water partition coefficient (Wildman–Crippen LogP) is 5.76. The molecule has 10 heteroatoms. The van der Waals surface area contributed by atoms with E-state index in [0.29, 0.717) is 33.6 Å². The van der Waals surface area contributed by atoms with E-state index in [4.69, 9.17) is 44.9 Å². The van der Waals surface area contributed by atoms with E-state index in [1.807, 2.05) is 4.90 Å². The van der Waals surface area contributed by atoms with Gasteiger partial charge in [0.05, 0.1) is 17.2 Å². The molecule has 1 saturated heterocycles. The molecule has 180 valence electrons. The van der Waals surface area contributed by atoms with Crippen molar-refractivity contribution in [3.63, 3.8) is 0 Å². The van der Waals surface area contributed by atoms with Gasteiger partial charge in [-0.1, -0.05) is 40.9 Å². The SMILES string of the molecule is COc1cc(Cl)cc(C(=O)Nc2ccc(Cl)cn2)c1CC(=O)c1ccc(C(=N)N2CCC2)cc1Cl. The molecule has 0 radical (unpaired) electrons. The molecular formula is C25H21Cl3N4O3. The molecule has 0 bridgehead atoms. The molecule has 1 amide bonds. The van der Waals surface area contributed by atoms with E-state index in [1.165, 1.54) is 19.4 Å². The van der Waals surface area contributed by atoms with E-state index >= 15 is 0 Å². The van der Waals surface area contributed by atoms with Gasteiger partial charge in [-0.3, -0.25) is 15.0 Å². The standard InChI is InChI=1S/C25H21Cl3N4O3/c1-35-22-11-16(27)10-19(25(34)31-23-6-4-15(26)13-30-23)18(22)12-21(33)17-5-3-14(9-20(17)28)24(29)32-7-2-8-32/h3-6,9-11,13,29H,2,7-8,12H2,1H3,(H,30,31,34). The number of Topliss-reactive ketones (excluding diaryl/α,β-unsaturated/α-hetero) is 1. The van der Waals surface area contributed by atoms with Crippen molar-refractivity contribution < 1.29 is 14.3 Å². The number of nitrogens with zero attached hydrogens (tertiary/aromatic N) is 2. The molecule has 0 unspecified atom stereocenters. The highest BCUT2D eigenvalue weighted by Crippen LogP contribution is 2.31. The highest BCUT2D eigenvalue weighted by atomic mass is 35.5. The molecule has 2 aromatic carbocycles. The Hall–Kier alpha value is -3.13. The van der Waals surface area contributed by atoms with Gasteiger partial charge in [-0.05, 0) is 42.8 Å². The van der Waals surface area contributed by atoms with Crippen LogP contribution in [-0.4, -0.2) is 47.6 Å². The van der Waals surface area contributed by atoms with Gasteiger partial charge in [0, 0.05) is 53.0 Å². The van der Waals surface area contributed by atoms with E-state index < -0.39 is 5.91 Å². The van der Waals surface area contributed by atoms with E-state index in [9.17, 15) is 9.59 Å².